The van der Waals surface area contributed by atoms with Crippen LogP contribution < -0.4 is 5.73 Å². The number of hydrogen-bond donors (Lipinski definition) is 1. The van der Waals surface area contributed by atoms with Gasteiger partial charge >= 0.3 is 0 Å². The molecule has 0 aromatic rings. The minimum absolute atomic E-state index is 0.313. The Morgan fingerprint density at radius 3 is 2.81 bits per heavy atom. The Labute approximate surface area is 104 Å². The summed E-state index contributed by atoms with van der Waals surface area (Å²) < 4.78 is 0. The van der Waals surface area contributed by atoms with Gasteiger partial charge in [0.15, 0.2) is 0 Å². The van der Waals surface area contributed by atoms with Gasteiger partial charge in [0.25, 0.3) is 0 Å². The number of nitrogens with zero attached hydrogens (tertiary/aromatic N) is 2. The van der Waals surface area contributed by atoms with Crippen LogP contribution in [-0.2, 0) is 0 Å². The van der Waals surface area contributed by atoms with E-state index in [4.69, 9.17) is 5.73 Å². The van der Waals surface area contributed by atoms with Crippen LogP contribution in [0.1, 0.15) is 19.3 Å². The summed E-state index contributed by atoms with van der Waals surface area (Å²) in [6, 6.07) is 0.732. The van der Waals surface area contributed by atoms with E-state index in [1.54, 1.807) is 0 Å². The lowest BCUT2D eigenvalue weighted by atomic mass is 9.93. The second-order valence-corrected chi connectivity index (χ2v) is 6.54. The molecule has 16 heavy (non-hydrogen) atoms. The van der Waals surface area contributed by atoms with E-state index < -0.39 is 0 Å². The molecule has 2 unspecified atom stereocenters. The summed E-state index contributed by atoms with van der Waals surface area (Å²) in [5.74, 6) is 2.57. The van der Waals surface area contributed by atoms with Crippen molar-refractivity contribution in [3.63, 3.8) is 0 Å². The van der Waals surface area contributed by atoms with Crippen molar-refractivity contribution >= 4 is 11.8 Å². The quantitative estimate of drug-likeness (QED) is 0.796. The van der Waals surface area contributed by atoms with Gasteiger partial charge in [-0.25, -0.2) is 0 Å². The van der Waals surface area contributed by atoms with Crippen LogP contribution in [-0.4, -0.2) is 66.6 Å². The minimum atomic E-state index is 0.313. The zero-order valence-electron chi connectivity index (χ0n) is 10.6. The lowest BCUT2D eigenvalue weighted by molar-refractivity contribution is 0.123. The number of thioether (sulfide) groups is 1. The smallest absolute Gasteiger partial charge is 0.0422 e. The molecule has 0 bridgehead atoms. The van der Waals surface area contributed by atoms with Gasteiger partial charge in [-0.1, -0.05) is 0 Å². The van der Waals surface area contributed by atoms with E-state index in [1.165, 1.54) is 43.9 Å². The number of hydrogen-bond acceptors (Lipinski definition) is 4. The standard InChI is InChI=1S/C12H25N3S/c1-14(2)11-4-6-15(8-11)12(9-13)5-3-7-16-10-12/h11H,3-10,13H2,1-2H3. The molecule has 2 saturated heterocycles. The maximum atomic E-state index is 6.07. The third-order valence-corrected chi connectivity index (χ3v) is 5.56. The van der Waals surface area contributed by atoms with Crippen LogP contribution >= 0.6 is 11.8 Å². The Balaban J connectivity index is 2.00. The highest BCUT2D eigenvalue weighted by Gasteiger charge is 2.40. The summed E-state index contributed by atoms with van der Waals surface area (Å²) in [6.45, 7) is 3.28. The average Bonchev–Trinajstić information content (AvgIpc) is 2.80. The van der Waals surface area contributed by atoms with Gasteiger partial charge in [0.2, 0.25) is 0 Å². The van der Waals surface area contributed by atoms with Crippen LogP contribution in [0.15, 0.2) is 0 Å². The first-order valence-electron chi connectivity index (χ1n) is 6.37. The Kier molecular flexibility index (Phi) is 4.16. The topological polar surface area (TPSA) is 32.5 Å². The second-order valence-electron chi connectivity index (χ2n) is 5.44. The number of likely N-dealkylation sites (tertiary alicyclic amines) is 1. The summed E-state index contributed by atoms with van der Waals surface area (Å²) >= 11 is 2.09. The molecule has 4 heteroatoms. The van der Waals surface area contributed by atoms with Crippen molar-refractivity contribution < 1.29 is 0 Å². The van der Waals surface area contributed by atoms with E-state index in [0.29, 0.717) is 5.54 Å². The van der Waals surface area contributed by atoms with Crippen molar-refractivity contribution in [2.24, 2.45) is 5.73 Å². The number of rotatable bonds is 3. The van der Waals surface area contributed by atoms with Gasteiger partial charge in [-0.05, 0) is 39.1 Å². The first-order chi connectivity index (χ1) is 7.68. The maximum absolute atomic E-state index is 6.07. The Hall–Kier alpha value is 0.230. The van der Waals surface area contributed by atoms with Crippen LogP contribution in [0.2, 0.25) is 0 Å². The highest BCUT2D eigenvalue weighted by molar-refractivity contribution is 7.99. The van der Waals surface area contributed by atoms with Crippen molar-refractivity contribution in [3.8, 4) is 0 Å². The monoisotopic (exact) mass is 243 g/mol. The summed E-state index contributed by atoms with van der Waals surface area (Å²) in [4.78, 5) is 5.03. The molecule has 2 fully saturated rings. The molecule has 3 nitrogen and oxygen atoms in total. The SMILES string of the molecule is CN(C)C1CCN(C2(CN)CCCSC2)C1. The molecule has 2 aliphatic heterocycles. The summed E-state index contributed by atoms with van der Waals surface area (Å²) in [5.41, 5.74) is 6.38. The molecule has 94 valence electrons. The average molecular weight is 243 g/mol. The van der Waals surface area contributed by atoms with Gasteiger partial charge in [0, 0.05) is 37.0 Å². The summed E-state index contributed by atoms with van der Waals surface area (Å²) in [5, 5.41) is 0. The molecule has 0 spiro atoms. The number of nitrogens with two attached hydrogens (primary N) is 1. The Morgan fingerprint density at radius 2 is 2.31 bits per heavy atom. The third kappa shape index (κ3) is 2.40. The van der Waals surface area contributed by atoms with Gasteiger partial charge in [-0.2, -0.15) is 11.8 Å². The molecule has 2 N–H and O–H groups in total. The molecular weight excluding hydrogens is 218 g/mol. The molecule has 2 atom stereocenters. The molecular formula is C12H25N3S. The highest BCUT2D eigenvalue weighted by Crippen LogP contribution is 2.34. The highest BCUT2D eigenvalue weighted by atomic mass is 32.2. The molecule has 2 heterocycles. The zero-order chi connectivity index (χ0) is 11.6. The molecule has 0 aliphatic carbocycles. The summed E-state index contributed by atoms with van der Waals surface area (Å²) in [7, 11) is 4.39. The fourth-order valence-electron chi connectivity index (χ4n) is 2.97. The van der Waals surface area contributed by atoms with Crippen molar-refractivity contribution in [2.75, 3.05) is 45.2 Å². The fourth-order valence-corrected chi connectivity index (χ4v) is 4.29. The lowest BCUT2D eigenvalue weighted by Crippen LogP contribution is -2.56. The largest absolute Gasteiger partial charge is 0.329 e. The van der Waals surface area contributed by atoms with Crippen LogP contribution in [0.3, 0.4) is 0 Å². The van der Waals surface area contributed by atoms with Gasteiger partial charge in [0.1, 0.15) is 0 Å². The van der Waals surface area contributed by atoms with Gasteiger partial charge in [-0.15, -0.1) is 0 Å². The Morgan fingerprint density at radius 1 is 1.50 bits per heavy atom. The molecule has 2 rings (SSSR count). The van der Waals surface area contributed by atoms with E-state index in [2.05, 4.69) is 35.7 Å². The Bertz CT molecular complexity index is 226. The van der Waals surface area contributed by atoms with E-state index in [-0.39, 0.29) is 0 Å². The van der Waals surface area contributed by atoms with E-state index in [1.807, 2.05) is 0 Å². The summed E-state index contributed by atoms with van der Waals surface area (Å²) in [6.07, 6.45) is 3.95. The predicted molar refractivity (Wildman–Crippen MR) is 72.0 cm³/mol. The molecule has 2 aliphatic rings. The minimum Gasteiger partial charge on any atom is -0.329 e. The van der Waals surface area contributed by atoms with Crippen LogP contribution in [0, 0.1) is 0 Å². The van der Waals surface area contributed by atoms with E-state index >= 15 is 0 Å². The van der Waals surface area contributed by atoms with Crippen LogP contribution in [0.4, 0.5) is 0 Å². The molecule has 0 aromatic heterocycles. The van der Waals surface area contributed by atoms with Gasteiger partial charge in [-0.3, -0.25) is 4.90 Å². The molecule has 0 amide bonds. The first-order valence-corrected chi connectivity index (χ1v) is 7.53. The first kappa shape index (κ1) is 12.7. The maximum Gasteiger partial charge on any atom is 0.0422 e. The second kappa shape index (κ2) is 5.25. The molecule has 0 aromatic carbocycles. The predicted octanol–water partition coefficient (Wildman–Crippen LogP) is 0.847. The van der Waals surface area contributed by atoms with Crippen LogP contribution in [0.5, 0.6) is 0 Å². The fraction of sp³-hybridized carbons (Fsp3) is 1.00. The molecule has 0 saturated carbocycles. The van der Waals surface area contributed by atoms with Crippen molar-refractivity contribution in [3.05, 3.63) is 0 Å². The third-order valence-electron chi connectivity index (χ3n) is 4.25. The normalized spacial score (nSPS) is 37.1. The van der Waals surface area contributed by atoms with Gasteiger partial charge < -0.3 is 10.6 Å². The lowest BCUT2D eigenvalue weighted by Gasteiger charge is -2.44. The van der Waals surface area contributed by atoms with Crippen molar-refractivity contribution in [1.29, 1.82) is 0 Å². The molecule has 0 radical (unpaired) electrons. The van der Waals surface area contributed by atoms with Gasteiger partial charge in [0.05, 0.1) is 0 Å². The zero-order valence-corrected chi connectivity index (χ0v) is 11.4. The number of likely N-dealkylation sites (N-methyl/N-ethyl adjacent to an activating group) is 1. The van der Waals surface area contributed by atoms with E-state index in [9.17, 15) is 0 Å². The van der Waals surface area contributed by atoms with Crippen molar-refractivity contribution in [2.45, 2.75) is 30.8 Å². The van der Waals surface area contributed by atoms with Crippen LogP contribution in [0.25, 0.3) is 0 Å². The van der Waals surface area contributed by atoms with E-state index in [0.717, 1.165) is 12.6 Å². The van der Waals surface area contributed by atoms with Crippen molar-refractivity contribution in [1.82, 2.24) is 9.80 Å².